The molecule has 0 aliphatic heterocycles. The highest BCUT2D eigenvalue weighted by molar-refractivity contribution is 5.96. The second kappa shape index (κ2) is 9.75. The van der Waals surface area contributed by atoms with E-state index in [1.807, 2.05) is 6.92 Å². The molecule has 19 heavy (non-hydrogen) atoms. The number of urea groups is 1. The molecule has 0 fully saturated rings. The van der Waals surface area contributed by atoms with Gasteiger partial charge in [0.2, 0.25) is 5.91 Å². The molecule has 3 amide bonds. The summed E-state index contributed by atoms with van der Waals surface area (Å²) >= 11 is 0. The summed E-state index contributed by atoms with van der Waals surface area (Å²) in [6.07, 6.45) is 1.91. The lowest BCUT2D eigenvalue weighted by Gasteiger charge is -2.34. The van der Waals surface area contributed by atoms with Crippen LogP contribution in [0, 0.1) is 0 Å². The van der Waals surface area contributed by atoms with Gasteiger partial charge in [-0.1, -0.05) is 13.8 Å². The van der Waals surface area contributed by atoms with Crippen molar-refractivity contribution in [1.29, 1.82) is 0 Å². The maximum absolute atomic E-state index is 12.0. The minimum atomic E-state index is -0.448. The number of hydrogen-bond donors (Lipinski definition) is 3. The number of nitrogens with zero attached hydrogens (tertiary/aromatic N) is 1. The van der Waals surface area contributed by atoms with Gasteiger partial charge in [-0.15, -0.1) is 0 Å². The zero-order chi connectivity index (χ0) is 14.8. The van der Waals surface area contributed by atoms with Gasteiger partial charge in [-0.2, -0.15) is 0 Å². The highest BCUT2D eigenvalue weighted by atomic mass is 16.2. The summed E-state index contributed by atoms with van der Waals surface area (Å²) in [6.45, 7) is 9.43. The lowest BCUT2D eigenvalue weighted by atomic mass is 10.1. The Hall–Kier alpha value is -1.14. The molecule has 0 aromatic carbocycles. The average molecular weight is 272 g/mol. The van der Waals surface area contributed by atoms with Crippen molar-refractivity contribution in [3.8, 4) is 0 Å². The van der Waals surface area contributed by atoms with E-state index in [0.29, 0.717) is 25.7 Å². The molecule has 6 heteroatoms. The Morgan fingerprint density at radius 1 is 1.21 bits per heavy atom. The molecule has 0 aromatic heterocycles. The zero-order valence-electron chi connectivity index (χ0n) is 12.5. The molecule has 1 unspecified atom stereocenters. The van der Waals surface area contributed by atoms with Crippen LogP contribution in [0.4, 0.5) is 4.79 Å². The molecule has 0 spiro atoms. The van der Waals surface area contributed by atoms with Gasteiger partial charge < -0.3 is 11.1 Å². The third kappa shape index (κ3) is 6.02. The Labute approximate surface area is 116 Å². The van der Waals surface area contributed by atoms with Crippen molar-refractivity contribution >= 4 is 11.9 Å². The van der Waals surface area contributed by atoms with Crippen molar-refractivity contribution in [3.63, 3.8) is 0 Å². The van der Waals surface area contributed by atoms with Crippen molar-refractivity contribution in [2.75, 3.05) is 19.6 Å². The molecule has 0 aliphatic carbocycles. The zero-order valence-corrected chi connectivity index (χ0v) is 12.5. The second-order valence-electron chi connectivity index (χ2n) is 4.52. The highest BCUT2D eigenvalue weighted by Crippen LogP contribution is 2.12. The molecular formula is C13H28N4O2. The molecule has 112 valence electrons. The summed E-state index contributed by atoms with van der Waals surface area (Å²) in [7, 11) is 0. The van der Waals surface area contributed by atoms with Crippen molar-refractivity contribution in [2.24, 2.45) is 5.73 Å². The summed E-state index contributed by atoms with van der Waals surface area (Å²) in [4.78, 5) is 25.5. The van der Waals surface area contributed by atoms with Gasteiger partial charge in [-0.25, -0.2) is 4.79 Å². The first-order valence-electron chi connectivity index (χ1n) is 7.06. The fourth-order valence-corrected chi connectivity index (χ4v) is 2.17. The second-order valence-corrected chi connectivity index (χ2v) is 4.52. The fraction of sp³-hybridized carbons (Fsp3) is 0.846. The maximum Gasteiger partial charge on any atom is 0.321 e. The number of carbonyl (C=O) groups excluding carboxylic acids is 2. The van der Waals surface area contributed by atoms with Gasteiger partial charge in [-0.05, 0) is 26.7 Å². The van der Waals surface area contributed by atoms with Crippen LogP contribution >= 0.6 is 0 Å². The first kappa shape index (κ1) is 17.9. The highest BCUT2D eigenvalue weighted by Gasteiger charge is 2.26. The fourth-order valence-electron chi connectivity index (χ4n) is 2.17. The molecule has 0 heterocycles. The molecule has 0 rings (SSSR count). The van der Waals surface area contributed by atoms with Crippen LogP contribution in [0.25, 0.3) is 0 Å². The first-order chi connectivity index (χ1) is 9.01. The predicted octanol–water partition coefficient (Wildman–Crippen LogP) is 0.670. The van der Waals surface area contributed by atoms with Crippen molar-refractivity contribution in [3.05, 3.63) is 0 Å². The number of imide groups is 1. The molecule has 4 N–H and O–H groups in total. The minimum Gasteiger partial charge on any atom is -0.338 e. The van der Waals surface area contributed by atoms with Gasteiger partial charge in [0.15, 0.2) is 0 Å². The van der Waals surface area contributed by atoms with E-state index in [-0.39, 0.29) is 11.9 Å². The van der Waals surface area contributed by atoms with Crippen LogP contribution in [0.2, 0.25) is 0 Å². The van der Waals surface area contributed by atoms with Crippen LogP contribution in [0.5, 0.6) is 0 Å². The van der Waals surface area contributed by atoms with Gasteiger partial charge >= 0.3 is 6.03 Å². The Balaban J connectivity index is 4.64. The average Bonchev–Trinajstić information content (AvgIpc) is 2.38. The Morgan fingerprint density at radius 3 is 2.21 bits per heavy atom. The third-order valence-electron chi connectivity index (χ3n) is 3.25. The molecular weight excluding hydrogens is 244 g/mol. The minimum absolute atomic E-state index is 0.286. The number of nitrogens with one attached hydrogen (secondary N) is 2. The number of rotatable bonds is 8. The summed E-state index contributed by atoms with van der Waals surface area (Å²) < 4.78 is 0. The van der Waals surface area contributed by atoms with Crippen LogP contribution in [0.3, 0.4) is 0 Å². The smallest absolute Gasteiger partial charge is 0.321 e. The normalized spacial score (nSPS) is 12.6. The van der Waals surface area contributed by atoms with Crippen LogP contribution < -0.4 is 16.4 Å². The molecule has 0 radical (unpaired) electrons. The van der Waals surface area contributed by atoms with Gasteiger partial charge in [-0.3, -0.25) is 15.0 Å². The van der Waals surface area contributed by atoms with E-state index < -0.39 is 6.03 Å². The molecule has 1 atom stereocenters. The Morgan fingerprint density at radius 2 is 1.79 bits per heavy atom. The Bertz CT molecular complexity index is 280. The van der Waals surface area contributed by atoms with Gasteiger partial charge in [0.1, 0.15) is 0 Å². The molecule has 0 bridgehead atoms. The molecule has 6 nitrogen and oxygen atoms in total. The number of carbonyl (C=O) groups is 2. The number of hydrogen-bond acceptors (Lipinski definition) is 4. The van der Waals surface area contributed by atoms with E-state index in [2.05, 4.69) is 29.4 Å². The molecule has 0 saturated heterocycles. The van der Waals surface area contributed by atoms with Crippen LogP contribution in [-0.4, -0.2) is 48.6 Å². The van der Waals surface area contributed by atoms with Gasteiger partial charge in [0.05, 0.1) is 6.04 Å². The summed E-state index contributed by atoms with van der Waals surface area (Å²) in [6, 6.07) is -0.508. The summed E-state index contributed by atoms with van der Waals surface area (Å²) in [5, 5.41) is 4.90. The standard InChI is InChI=1S/C13H28N4O2/c1-5-11(6-2)17(9-8-14)10(4)12(18)16-13(19)15-7-3/h10-11H,5-9,14H2,1-4H3,(H2,15,16,18,19). The Kier molecular flexibility index (Phi) is 9.16. The van der Waals surface area contributed by atoms with E-state index in [4.69, 9.17) is 5.73 Å². The largest absolute Gasteiger partial charge is 0.338 e. The van der Waals surface area contributed by atoms with Crippen molar-refractivity contribution in [2.45, 2.75) is 52.6 Å². The van der Waals surface area contributed by atoms with E-state index in [9.17, 15) is 9.59 Å². The molecule has 0 saturated carbocycles. The quantitative estimate of drug-likeness (QED) is 0.606. The first-order valence-corrected chi connectivity index (χ1v) is 7.06. The molecule has 0 aromatic rings. The lowest BCUT2D eigenvalue weighted by molar-refractivity contribution is -0.125. The van der Waals surface area contributed by atoms with Crippen molar-refractivity contribution in [1.82, 2.24) is 15.5 Å². The van der Waals surface area contributed by atoms with Gasteiger partial charge in [0.25, 0.3) is 0 Å². The maximum atomic E-state index is 12.0. The van der Waals surface area contributed by atoms with Crippen LogP contribution in [0.15, 0.2) is 0 Å². The van der Waals surface area contributed by atoms with Gasteiger partial charge in [0, 0.05) is 25.7 Å². The monoisotopic (exact) mass is 272 g/mol. The topological polar surface area (TPSA) is 87.5 Å². The lowest BCUT2D eigenvalue weighted by Crippen LogP contribution is -2.53. The van der Waals surface area contributed by atoms with Crippen molar-refractivity contribution < 1.29 is 9.59 Å². The van der Waals surface area contributed by atoms with E-state index >= 15 is 0 Å². The third-order valence-corrected chi connectivity index (χ3v) is 3.25. The van der Waals surface area contributed by atoms with Crippen LogP contribution in [-0.2, 0) is 4.79 Å². The van der Waals surface area contributed by atoms with E-state index in [1.54, 1.807) is 6.92 Å². The SMILES string of the molecule is CCNC(=O)NC(=O)C(C)N(CCN)C(CC)CC. The summed E-state index contributed by atoms with van der Waals surface area (Å²) in [5.74, 6) is -0.286. The summed E-state index contributed by atoms with van der Waals surface area (Å²) in [5.41, 5.74) is 5.61. The molecule has 0 aliphatic rings. The van der Waals surface area contributed by atoms with E-state index in [1.165, 1.54) is 0 Å². The van der Waals surface area contributed by atoms with Crippen LogP contribution in [0.1, 0.15) is 40.5 Å². The number of amides is 3. The van der Waals surface area contributed by atoms with E-state index in [0.717, 1.165) is 12.8 Å². The number of nitrogens with two attached hydrogens (primary N) is 1. The predicted molar refractivity (Wildman–Crippen MR) is 76.8 cm³/mol.